The average Bonchev–Trinajstić information content (AvgIpc) is 2.78. The number of rotatable bonds is 3. The maximum atomic E-state index is 10.7. The molecule has 1 aliphatic heterocycles. The summed E-state index contributed by atoms with van der Waals surface area (Å²) >= 11 is 0. The topological polar surface area (TPSA) is 78.6 Å². The number of hydrogen-bond donors (Lipinski definition) is 2. The highest BCUT2D eigenvalue weighted by Crippen LogP contribution is 2.19. The van der Waals surface area contributed by atoms with E-state index in [2.05, 4.69) is 10.3 Å². The highest BCUT2D eigenvalue weighted by atomic mass is 16.4. The van der Waals surface area contributed by atoms with Gasteiger partial charge >= 0.3 is 5.97 Å². The minimum atomic E-state index is -1.06. The summed E-state index contributed by atoms with van der Waals surface area (Å²) < 4.78 is 5.15. The van der Waals surface area contributed by atoms with Gasteiger partial charge in [0.15, 0.2) is 5.69 Å². The number of carboxylic acid groups (broad SMARTS) is 1. The van der Waals surface area contributed by atoms with E-state index >= 15 is 0 Å². The fourth-order valence-corrected chi connectivity index (χ4v) is 1.87. The maximum absolute atomic E-state index is 10.7. The number of hydrogen-bond acceptors (Lipinski definition) is 5. The normalized spacial score (nSPS) is 17.3. The van der Waals surface area contributed by atoms with E-state index in [9.17, 15) is 4.79 Å². The van der Waals surface area contributed by atoms with Crippen molar-refractivity contribution in [3.05, 3.63) is 12.0 Å². The van der Waals surface area contributed by atoms with Gasteiger partial charge in [0.05, 0.1) is 0 Å². The van der Waals surface area contributed by atoms with Crippen molar-refractivity contribution in [1.29, 1.82) is 0 Å². The van der Waals surface area contributed by atoms with Crippen LogP contribution in [0, 0.1) is 0 Å². The first-order valence-corrected chi connectivity index (χ1v) is 5.31. The van der Waals surface area contributed by atoms with Gasteiger partial charge in [0.2, 0.25) is 0 Å². The molecule has 0 aromatic carbocycles. The third-order valence-electron chi connectivity index (χ3n) is 2.87. The Labute approximate surface area is 93.3 Å². The van der Waals surface area contributed by atoms with Gasteiger partial charge in [0.1, 0.15) is 6.26 Å². The molecule has 2 N–H and O–H groups in total. The van der Waals surface area contributed by atoms with Crippen molar-refractivity contribution in [2.24, 2.45) is 0 Å². The average molecular weight is 225 g/mol. The van der Waals surface area contributed by atoms with E-state index in [4.69, 9.17) is 9.52 Å². The van der Waals surface area contributed by atoms with Gasteiger partial charge in [-0.3, -0.25) is 0 Å². The lowest BCUT2D eigenvalue weighted by molar-refractivity contribution is 0.0690. The van der Waals surface area contributed by atoms with Gasteiger partial charge in [0, 0.05) is 13.1 Å². The van der Waals surface area contributed by atoms with E-state index < -0.39 is 5.97 Å². The van der Waals surface area contributed by atoms with Gasteiger partial charge in [-0.1, -0.05) is 0 Å². The van der Waals surface area contributed by atoms with Crippen LogP contribution in [0.5, 0.6) is 0 Å². The lowest BCUT2D eigenvalue weighted by atomic mass is 10.1. The number of piperidine rings is 1. The third kappa shape index (κ3) is 2.16. The van der Waals surface area contributed by atoms with Crippen molar-refractivity contribution < 1.29 is 14.3 Å². The van der Waals surface area contributed by atoms with Crippen LogP contribution >= 0.6 is 0 Å². The molecule has 1 aliphatic rings. The Balaban J connectivity index is 2.07. The molecule has 88 valence electrons. The van der Waals surface area contributed by atoms with Gasteiger partial charge in [0.25, 0.3) is 6.01 Å². The van der Waals surface area contributed by atoms with Crippen LogP contribution < -0.4 is 10.2 Å². The van der Waals surface area contributed by atoms with E-state index in [1.54, 1.807) is 0 Å². The van der Waals surface area contributed by atoms with Crippen LogP contribution in [0.1, 0.15) is 23.3 Å². The van der Waals surface area contributed by atoms with Crippen molar-refractivity contribution in [2.75, 3.05) is 25.0 Å². The molecule has 6 nitrogen and oxygen atoms in total. The van der Waals surface area contributed by atoms with Gasteiger partial charge in [-0.25, -0.2) is 4.79 Å². The summed E-state index contributed by atoms with van der Waals surface area (Å²) in [6.07, 6.45) is 3.21. The number of aromatic nitrogens is 1. The van der Waals surface area contributed by atoms with E-state index in [0.717, 1.165) is 25.9 Å². The molecule has 0 radical (unpaired) electrons. The molecular weight excluding hydrogens is 210 g/mol. The Morgan fingerprint density at radius 3 is 2.88 bits per heavy atom. The third-order valence-corrected chi connectivity index (χ3v) is 2.87. The summed E-state index contributed by atoms with van der Waals surface area (Å²) in [6.45, 7) is 1.95. The van der Waals surface area contributed by atoms with E-state index in [1.807, 2.05) is 11.9 Å². The zero-order valence-electron chi connectivity index (χ0n) is 9.14. The summed E-state index contributed by atoms with van der Waals surface area (Å²) in [5.74, 6) is -1.06. The Bertz CT molecular complexity index is 371. The molecule has 1 aromatic rings. The molecule has 0 atom stereocenters. The second kappa shape index (κ2) is 4.52. The molecule has 0 aliphatic carbocycles. The molecule has 0 saturated carbocycles. The number of nitrogens with one attached hydrogen (secondary N) is 1. The van der Waals surface area contributed by atoms with E-state index in [-0.39, 0.29) is 5.69 Å². The molecule has 2 heterocycles. The number of carbonyl (C=O) groups is 1. The minimum absolute atomic E-state index is 0.0456. The number of nitrogens with zero attached hydrogens (tertiary/aromatic N) is 2. The molecule has 1 fully saturated rings. The molecule has 1 aromatic heterocycles. The molecule has 0 unspecified atom stereocenters. The van der Waals surface area contributed by atoms with Crippen molar-refractivity contribution in [3.8, 4) is 0 Å². The molecule has 0 amide bonds. The molecule has 0 spiro atoms. The lowest BCUT2D eigenvalue weighted by Gasteiger charge is -2.30. The van der Waals surface area contributed by atoms with Crippen LogP contribution in [0.3, 0.4) is 0 Å². The number of aromatic carboxylic acids is 1. The zero-order chi connectivity index (χ0) is 11.5. The van der Waals surface area contributed by atoms with Crippen LogP contribution in [0.4, 0.5) is 6.01 Å². The smallest absolute Gasteiger partial charge is 0.357 e. The number of carboxylic acids is 1. The summed E-state index contributed by atoms with van der Waals surface area (Å²) in [7, 11) is 1.88. The molecule has 2 rings (SSSR count). The van der Waals surface area contributed by atoms with Gasteiger partial charge < -0.3 is 19.7 Å². The highest BCUT2D eigenvalue weighted by molar-refractivity contribution is 5.85. The molecular formula is C10H15N3O3. The Morgan fingerprint density at radius 2 is 2.31 bits per heavy atom. The zero-order valence-corrected chi connectivity index (χ0v) is 9.14. The first-order valence-electron chi connectivity index (χ1n) is 5.31. The number of oxazole rings is 1. The molecule has 1 saturated heterocycles. The highest BCUT2D eigenvalue weighted by Gasteiger charge is 2.22. The fourth-order valence-electron chi connectivity index (χ4n) is 1.87. The Kier molecular flexibility index (Phi) is 3.09. The second-order valence-electron chi connectivity index (χ2n) is 3.91. The largest absolute Gasteiger partial charge is 0.476 e. The van der Waals surface area contributed by atoms with Gasteiger partial charge in [-0.2, -0.15) is 4.98 Å². The van der Waals surface area contributed by atoms with Crippen molar-refractivity contribution in [3.63, 3.8) is 0 Å². The van der Waals surface area contributed by atoms with E-state index in [0.29, 0.717) is 12.1 Å². The second-order valence-corrected chi connectivity index (χ2v) is 3.91. The summed E-state index contributed by atoms with van der Waals surface area (Å²) in [4.78, 5) is 16.5. The fraction of sp³-hybridized carbons (Fsp3) is 0.600. The minimum Gasteiger partial charge on any atom is -0.476 e. The maximum Gasteiger partial charge on any atom is 0.357 e. The van der Waals surface area contributed by atoms with Gasteiger partial charge in [-0.15, -0.1) is 0 Å². The van der Waals surface area contributed by atoms with Crippen molar-refractivity contribution in [2.45, 2.75) is 18.9 Å². The van der Waals surface area contributed by atoms with E-state index in [1.165, 1.54) is 6.26 Å². The molecule has 16 heavy (non-hydrogen) atoms. The van der Waals surface area contributed by atoms with Gasteiger partial charge in [-0.05, 0) is 25.9 Å². The van der Waals surface area contributed by atoms with Crippen LogP contribution in [-0.4, -0.2) is 42.2 Å². The van der Waals surface area contributed by atoms with Crippen LogP contribution in [0.2, 0.25) is 0 Å². The van der Waals surface area contributed by atoms with Crippen molar-refractivity contribution >= 4 is 12.0 Å². The lowest BCUT2D eigenvalue weighted by Crippen LogP contribution is -2.41. The standard InChI is InChI=1S/C10H15N3O3/c1-13(7-2-4-11-5-3-7)10-12-8(6-16-10)9(14)15/h6-7,11H,2-5H2,1H3,(H,14,15). The Morgan fingerprint density at radius 1 is 1.62 bits per heavy atom. The predicted molar refractivity (Wildman–Crippen MR) is 57.8 cm³/mol. The summed E-state index contributed by atoms with van der Waals surface area (Å²) in [5, 5.41) is 12.0. The Hall–Kier alpha value is -1.56. The molecule has 6 heteroatoms. The van der Waals surface area contributed by atoms with Crippen LogP contribution in [0.15, 0.2) is 10.7 Å². The first-order chi connectivity index (χ1) is 7.68. The monoisotopic (exact) mass is 225 g/mol. The van der Waals surface area contributed by atoms with Crippen LogP contribution in [0.25, 0.3) is 0 Å². The first kappa shape index (κ1) is 10.9. The molecule has 0 bridgehead atoms. The summed E-state index contributed by atoms with van der Waals surface area (Å²) in [6, 6.07) is 0.742. The number of anilines is 1. The quantitative estimate of drug-likeness (QED) is 0.782. The van der Waals surface area contributed by atoms with Crippen LogP contribution in [-0.2, 0) is 0 Å². The summed E-state index contributed by atoms with van der Waals surface area (Å²) in [5.41, 5.74) is -0.0456. The van der Waals surface area contributed by atoms with Crippen molar-refractivity contribution in [1.82, 2.24) is 10.3 Å². The predicted octanol–water partition coefficient (Wildman–Crippen LogP) is 0.561. The SMILES string of the molecule is CN(c1nc(C(=O)O)co1)C1CCNCC1.